The predicted octanol–water partition coefficient (Wildman–Crippen LogP) is 5.51. The highest BCUT2D eigenvalue weighted by Gasteiger charge is 2.18. The highest BCUT2D eigenvalue weighted by atomic mass is 16.4. The third-order valence-electron chi connectivity index (χ3n) is 5.85. The minimum atomic E-state index is -0.962. The smallest absolute Gasteiger partial charge is 0.336 e. The van der Waals surface area contributed by atoms with Crippen LogP contribution in [0.2, 0.25) is 0 Å². The second-order valence-electron chi connectivity index (χ2n) is 8.06. The minimum Gasteiger partial charge on any atom is -0.478 e. The Morgan fingerprint density at radius 3 is 2.32 bits per heavy atom. The van der Waals surface area contributed by atoms with Crippen molar-refractivity contribution in [3.8, 4) is 11.1 Å². The standard InChI is InChI=1S/C26H32N2O3/c1-4-6-13-24-19(3)27(16-7-5-2)26(31)28(24)18-20-14-15-22(23(17-20)25(29)30)21-11-9-8-10-12-21/h8-12,14-15,17H,4-7,13,16,18H2,1-3H3,(H,29,30). The summed E-state index contributed by atoms with van der Waals surface area (Å²) in [6.07, 6.45) is 4.93. The highest BCUT2D eigenvalue weighted by Crippen LogP contribution is 2.25. The van der Waals surface area contributed by atoms with Crippen LogP contribution in [0, 0.1) is 6.92 Å². The van der Waals surface area contributed by atoms with Gasteiger partial charge in [0.15, 0.2) is 0 Å². The summed E-state index contributed by atoms with van der Waals surface area (Å²) in [5.74, 6) is -0.962. The van der Waals surface area contributed by atoms with Crippen LogP contribution in [0.5, 0.6) is 0 Å². The van der Waals surface area contributed by atoms with Gasteiger partial charge in [-0.1, -0.05) is 69.2 Å². The molecule has 1 heterocycles. The largest absolute Gasteiger partial charge is 0.478 e. The molecule has 0 aliphatic carbocycles. The van der Waals surface area contributed by atoms with E-state index in [0.717, 1.165) is 61.2 Å². The van der Waals surface area contributed by atoms with Crippen LogP contribution in [0.3, 0.4) is 0 Å². The molecule has 0 aliphatic heterocycles. The van der Waals surface area contributed by atoms with Gasteiger partial charge in [0.1, 0.15) is 0 Å². The summed E-state index contributed by atoms with van der Waals surface area (Å²) in [4.78, 5) is 25.2. The van der Waals surface area contributed by atoms with Gasteiger partial charge in [0.25, 0.3) is 0 Å². The number of carboxylic acid groups (broad SMARTS) is 1. The first kappa shape index (κ1) is 22.6. The Morgan fingerprint density at radius 2 is 1.68 bits per heavy atom. The molecule has 0 aliphatic rings. The molecule has 0 unspecified atom stereocenters. The summed E-state index contributed by atoms with van der Waals surface area (Å²) in [5, 5.41) is 9.82. The van der Waals surface area contributed by atoms with Crippen molar-refractivity contribution in [2.75, 3.05) is 0 Å². The maximum absolute atomic E-state index is 13.2. The first-order valence-corrected chi connectivity index (χ1v) is 11.2. The van der Waals surface area contributed by atoms with Crippen LogP contribution >= 0.6 is 0 Å². The molecule has 0 spiro atoms. The van der Waals surface area contributed by atoms with Crippen LogP contribution in [-0.2, 0) is 19.5 Å². The van der Waals surface area contributed by atoms with Gasteiger partial charge in [-0.3, -0.25) is 9.13 Å². The van der Waals surface area contributed by atoms with Crippen LogP contribution in [0.4, 0.5) is 0 Å². The molecule has 0 radical (unpaired) electrons. The minimum absolute atomic E-state index is 0.000985. The number of imidazole rings is 1. The molecule has 0 saturated carbocycles. The lowest BCUT2D eigenvalue weighted by Gasteiger charge is -2.12. The van der Waals surface area contributed by atoms with E-state index in [0.29, 0.717) is 12.1 Å². The molecule has 5 nitrogen and oxygen atoms in total. The van der Waals surface area contributed by atoms with Crippen molar-refractivity contribution in [1.82, 2.24) is 9.13 Å². The zero-order valence-electron chi connectivity index (χ0n) is 18.7. The highest BCUT2D eigenvalue weighted by molar-refractivity contribution is 5.96. The Morgan fingerprint density at radius 1 is 0.968 bits per heavy atom. The average molecular weight is 421 g/mol. The number of aromatic carboxylic acids is 1. The summed E-state index contributed by atoms with van der Waals surface area (Å²) in [7, 11) is 0. The van der Waals surface area contributed by atoms with E-state index in [9.17, 15) is 14.7 Å². The molecule has 2 aromatic carbocycles. The Kier molecular flexibility index (Phi) is 7.50. The van der Waals surface area contributed by atoms with Gasteiger partial charge in [0.05, 0.1) is 12.1 Å². The van der Waals surface area contributed by atoms with Gasteiger partial charge in [-0.05, 0) is 48.9 Å². The monoisotopic (exact) mass is 420 g/mol. The number of nitrogens with zero attached hydrogens (tertiary/aromatic N) is 2. The van der Waals surface area contributed by atoms with Gasteiger partial charge < -0.3 is 5.11 Å². The molecule has 1 aromatic heterocycles. The molecule has 0 amide bonds. The number of benzene rings is 2. The average Bonchev–Trinajstić information content (AvgIpc) is 3.00. The molecule has 0 saturated heterocycles. The van der Waals surface area contributed by atoms with Crippen LogP contribution in [0.1, 0.15) is 66.8 Å². The van der Waals surface area contributed by atoms with Crippen LogP contribution in [0.25, 0.3) is 11.1 Å². The Labute approximate surface area is 184 Å². The fourth-order valence-electron chi connectivity index (χ4n) is 4.08. The number of hydrogen-bond donors (Lipinski definition) is 1. The molecular formula is C26H32N2O3. The first-order valence-electron chi connectivity index (χ1n) is 11.2. The predicted molar refractivity (Wildman–Crippen MR) is 125 cm³/mol. The van der Waals surface area contributed by atoms with Crippen molar-refractivity contribution in [1.29, 1.82) is 0 Å². The fraction of sp³-hybridized carbons (Fsp3) is 0.385. The SMILES string of the molecule is CCCCc1c(C)n(CCCC)c(=O)n1Cc1ccc(-c2ccccc2)c(C(=O)O)c1. The summed E-state index contributed by atoms with van der Waals surface area (Å²) in [6.45, 7) is 7.40. The number of rotatable bonds is 10. The fourth-order valence-corrected chi connectivity index (χ4v) is 4.08. The first-order chi connectivity index (χ1) is 15.0. The van der Waals surface area contributed by atoms with Crippen molar-refractivity contribution in [3.05, 3.63) is 81.5 Å². The second-order valence-corrected chi connectivity index (χ2v) is 8.06. The molecule has 164 valence electrons. The van der Waals surface area contributed by atoms with Gasteiger partial charge in [0, 0.05) is 17.9 Å². The molecule has 0 atom stereocenters. The van der Waals surface area contributed by atoms with Gasteiger partial charge in [0.2, 0.25) is 0 Å². The second kappa shape index (κ2) is 10.3. The van der Waals surface area contributed by atoms with Crippen LogP contribution in [-0.4, -0.2) is 20.2 Å². The zero-order valence-corrected chi connectivity index (χ0v) is 18.7. The molecule has 0 fully saturated rings. The maximum atomic E-state index is 13.2. The summed E-state index contributed by atoms with van der Waals surface area (Å²) >= 11 is 0. The third kappa shape index (κ3) is 4.98. The van der Waals surface area contributed by atoms with E-state index >= 15 is 0 Å². The van der Waals surface area contributed by atoms with E-state index in [1.165, 1.54) is 0 Å². The van der Waals surface area contributed by atoms with Crippen molar-refractivity contribution in [2.45, 2.75) is 66.0 Å². The van der Waals surface area contributed by atoms with Gasteiger partial charge in [-0.25, -0.2) is 9.59 Å². The van der Waals surface area contributed by atoms with E-state index in [1.807, 2.05) is 58.5 Å². The quantitative estimate of drug-likeness (QED) is 0.470. The summed E-state index contributed by atoms with van der Waals surface area (Å²) in [6, 6.07) is 15.0. The molecule has 3 rings (SSSR count). The van der Waals surface area contributed by atoms with Crippen LogP contribution in [0.15, 0.2) is 53.3 Å². The van der Waals surface area contributed by atoms with E-state index < -0.39 is 5.97 Å². The molecule has 3 aromatic rings. The Balaban J connectivity index is 2.02. The molecule has 0 bridgehead atoms. The maximum Gasteiger partial charge on any atom is 0.336 e. The number of carbonyl (C=O) groups is 1. The van der Waals surface area contributed by atoms with E-state index in [4.69, 9.17) is 0 Å². The number of aromatic nitrogens is 2. The summed E-state index contributed by atoms with van der Waals surface area (Å²) in [5.41, 5.74) is 4.73. The zero-order chi connectivity index (χ0) is 22.4. The van der Waals surface area contributed by atoms with Gasteiger partial charge in [-0.15, -0.1) is 0 Å². The van der Waals surface area contributed by atoms with E-state index in [-0.39, 0.29) is 11.3 Å². The summed E-state index contributed by atoms with van der Waals surface area (Å²) < 4.78 is 3.72. The molecular weight excluding hydrogens is 388 g/mol. The normalized spacial score (nSPS) is 11.1. The molecule has 1 N–H and O–H groups in total. The van der Waals surface area contributed by atoms with Gasteiger partial charge >= 0.3 is 11.7 Å². The third-order valence-corrected chi connectivity index (χ3v) is 5.85. The lowest BCUT2D eigenvalue weighted by atomic mass is 9.97. The lowest BCUT2D eigenvalue weighted by molar-refractivity contribution is 0.0697. The number of unbranched alkanes of at least 4 members (excludes halogenated alkanes) is 2. The molecule has 31 heavy (non-hydrogen) atoms. The van der Waals surface area contributed by atoms with Crippen molar-refractivity contribution < 1.29 is 9.90 Å². The van der Waals surface area contributed by atoms with E-state index in [1.54, 1.807) is 6.07 Å². The number of carboxylic acids is 1. The van der Waals surface area contributed by atoms with Crippen molar-refractivity contribution >= 4 is 5.97 Å². The van der Waals surface area contributed by atoms with Crippen molar-refractivity contribution in [3.63, 3.8) is 0 Å². The molecule has 5 heteroatoms. The Hall–Kier alpha value is -3.08. The van der Waals surface area contributed by atoms with Crippen LogP contribution < -0.4 is 5.69 Å². The van der Waals surface area contributed by atoms with E-state index in [2.05, 4.69) is 13.8 Å². The van der Waals surface area contributed by atoms with Crippen molar-refractivity contribution in [2.24, 2.45) is 0 Å². The topological polar surface area (TPSA) is 64.2 Å². The lowest BCUT2D eigenvalue weighted by Crippen LogP contribution is -2.26. The Bertz CT molecular complexity index is 1090. The number of hydrogen-bond acceptors (Lipinski definition) is 2. The van der Waals surface area contributed by atoms with Gasteiger partial charge in [-0.2, -0.15) is 0 Å².